The molecule has 1 fully saturated rings. The zero-order valence-electron chi connectivity index (χ0n) is 35.8. The predicted molar refractivity (Wildman–Crippen MR) is 230 cm³/mol. The first-order valence-corrected chi connectivity index (χ1v) is 23.8. The van der Waals surface area contributed by atoms with Crippen LogP contribution in [-0.2, 0) is 38.3 Å². The molecule has 0 aromatic heterocycles. The summed E-state index contributed by atoms with van der Waals surface area (Å²) in [7, 11) is -5.07. The Balaban J connectivity index is 2.46. The third kappa shape index (κ3) is 30.1. The molecule has 1 saturated heterocycles. The van der Waals surface area contributed by atoms with Gasteiger partial charge in [-0.15, -0.1) is 0 Å². The summed E-state index contributed by atoms with van der Waals surface area (Å²) in [5.74, 6) is -0.418. The number of aliphatic hydroxyl groups excluding tert-OH is 3. The van der Waals surface area contributed by atoms with Gasteiger partial charge in [-0.3, -0.25) is 9.35 Å². The highest BCUT2D eigenvalue weighted by atomic mass is 32.3. The molecule has 1 rings (SSSR count). The molecule has 0 spiro atoms. The van der Waals surface area contributed by atoms with Crippen molar-refractivity contribution in [3.8, 4) is 0 Å². The van der Waals surface area contributed by atoms with E-state index in [4.69, 9.17) is 23.5 Å². The van der Waals surface area contributed by atoms with E-state index in [1.54, 1.807) is 0 Å². The van der Waals surface area contributed by atoms with Crippen molar-refractivity contribution in [3.05, 3.63) is 48.6 Å². The van der Waals surface area contributed by atoms with Crippen LogP contribution in [0.3, 0.4) is 0 Å². The van der Waals surface area contributed by atoms with Gasteiger partial charge in [0.2, 0.25) is 0 Å². The molecule has 1 aliphatic heterocycles. The second-order valence-electron chi connectivity index (χ2n) is 15.3. The predicted octanol–water partition coefficient (Wildman–Crippen LogP) is 9.19. The summed E-state index contributed by atoms with van der Waals surface area (Å²) < 4.78 is 59.0. The lowest BCUT2D eigenvalue weighted by Crippen LogP contribution is -2.60. The number of unbranched alkanes of at least 4 members (excludes halogenated alkanes) is 17. The van der Waals surface area contributed by atoms with Gasteiger partial charge < -0.3 is 34.3 Å². The SMILES string of the molecule is CCCC/C=C\C/C=C\CCCCCCCCOCC(COC1OC(CO)C(O)C(OS(=O)(=O)O)C1O)OC(=O)CCCCCCC/C=C\C/C=C\CCCCCC. The average Bonchev–Trinajstić information content (AvgIpc) is 3.19. The molecule has 12 nitrogen and oxygen atoms in total. The number of rotatable bonds is 38. The van der Waals surface area contributed by atoms with Gasteiger partial charge >= 0.3 is 16.4 Å². The monoisotopic (exact) mass is 845 g/mol. The summed E-state index contributed by atoms with van der Waals surface area (Å²) in [6.07, 6.45) is 34.2. The molecule has 0 aliphatic carbocycles. The van der Waals surface area contributed by atoms with Crippen LogP contribution in [0.15, 0.2) is 48.6 Å². The Bertz CT molecular complexity index is 1200. The fourth-order valence-corrected chi connectivity index (χ4v) is 6.99. The molecule has 0 saturated carbocycles. The topological polar surface area (TPSA) is 178 Å². The number of esters is 1. The van der Waals surface area contributed by atoms with Crippen molar-refractivity contribution < 1.29 is 56.2 Å². The maximum absolute atomic E-state index is 12.8. The Labute approximate surface area is 351 Å². The van der Waals surface area contributed by atoms with Crippen LogP contribution in [-0.4, -0.2) is 97.5 Å². The minimum Gasteiger partial charge on any atom is -0.457 e. The van der Waals surface area contributed by atoms with Crippen LogP contribution in [0.5, 0.6) is 0 Å². The summed E-state index contributed by atoms with van der Waals surface area (Å²) in [5, 5.41) is 30.6. The third-order valence-corrected chi connectivity index (χ3v) is 10.4. The van der Waals surface area contributed by atoms with Crippen LogP contribution in [0.25, 0.3) is 0 Å². The molecule has 6 unspecified atom stereocenters. The molecule has 1 heterocycles. The summed E-state index contributed by atoms with van der Waals surface area (Å²) >= 11 is 0. The molecule has 6 atom stereocenters. The van der Waals surface area contributed by atoms with E-state index >= 15 is 0 Å². The number of carbonyl (C=O) groups excluding carboxylic acids is 1. The van der Waals surface area contributed by atoms with Gasteiger partial charge in [-0.1, -0.05) is 140 Å². The number of hydrogen-bond acceptors (Lipinski definition) is 11. The molecule has 58 heavy (non-hydrogen) atoms. The molecule has 0 bridgehead atoms. The van der Waals surface area contributed by atoms with Crippen molar-refractivity contribution in [2.45, 2.75) is 205 Å². The molecular formula is C45H80O12S. The summed E-state index contributed by atoms with van der Waals surface area (Å²) in [4.78, 5) is 12.8. The molecule has 13 heteroatoms. The van der Waals surface area contributed by atoms with Gasteiger partial charge in [-0.25, -0.2) is 4.18 Å². The maximum Gasteiger partial charge on any atom is 0.397 e. The maximum atomic E-state index is 12.8. The Morgan fingerprint density at radius 3 is 1.69 bits per heavy atom. The third-order valence-electron chi connectivity index (χ3n) is 9.92. The largest absolute Gasteiger partial charge is 0.457 e. The van der Waals surface area contributed by atoms with E-state index in [1.807, 2.05) is 0 Å². The van der Waals surface area contributed by atoms with Crippen molar-refractivity contribution in [1.82, 2.24) is 0 Å². The molecule has 4 N–H and O–H groups in total. The zero-order valence-corrected chi connectivity index (χ0v) is 36.7. The molecule has 0 amide bonds. The van der Waals surface area contributed by atoms with Gasteiger partial charge in [0.1, 0.15) is 30.5 Å². The normalized spacial score (nSPS) is 21.0. The smallest absolute Gasteiger partial charge is 0.397 e. The summed E-state index contributed by atoms with van der Waals surface area (Å²) in [6, 6.07) is 0. The second kappa shape index (κ2) is 36.9. The van der Waals surface area contributed by atoms with E-state index in [-0.39, 0.29) is 19.6 Å². The van der Waals surface area contributed by atoms with Crippen LogP contribution in [0.4, 0.5) is 0 Å². The van der Waals surface area contributed by atoms with E-state index in [0.29, 0.717) is 13.0 Å². The van der Waals surface area contributed by atoms with Crippen molar-refractivity contribution in [1.29, 1.82) is 0 Å². The second-order valence-corrected chi connectivity index (χ2v) is 16.3. The van der Waals surface area contributed by atoms with E-state index in [2.05, 4.69) is 66.6 Å². The minimum atomic E-state index is -5.07. The Kier molecular flexibility index (Phi) is 34.4. The molecule has 0 radical (unpaired) electrons. The first-order chi connectivity index (χ1) is 28.1. The fraction of sp³-hybridized carbons (Fsp3) is 0.800. The summed E-state index contributed by atoms with van der Waals surface area (Å²) in [5.41, 5.74) is 0. The molecule has 338 valence electrons. The average molecular weight is 845 g/mol. The number of hydrogen-bond donors (Lipinski definition) is 4. The fourth-order valence-electron chi connectivity index (χ4n) is 6.48. The lowest BCUT2D eigenvalue weighted by molar-refractivity contribution is -0.301. The highest BCUT2D eigenvalue weighted by molar-refractivity contribution is 7.80. The van der Waals surface area contributed by atoms with Gasteiger partial charge in [0, 0.05) is 13.0 Å². The zero-order chi connectivity index (χ0) is 42.5. The van der Waals surface area contributed by atoms with Gasteiger partial charge in [0.25, 0.3) is 0 Å². The van der Waals surface area contributed by atoms with Gasteiger partial charge in [0.15, 0.2) is 6.29 Å². The van der Waals surface area contributed by atoms with Crippen LogP contribution in [0, 0.1) is 0 Å². The van der Waals surface area contributed by atoms with E-state index in [0.717, 1.165) is 89.9 Å². The molecule has 0 aromatic carbocycles. The Hall–Kier alpha value is -1.94. The van der Waals surface area contributed by atoms with Crippen LogP contribution >= 0.6 is 0 Å². The van der Waals surface area contributed by atoms with E-state index < -0.39 is 59.8 Å². The first-order valence-electron chi connectivity index (χ1n) is 22.4. The molecular weight excluding hydrogens is 765 g/mol. The lowest BCUT2D eigenvalue weighted by Gasteiger charge is -2.41. The number of ether oxygens (including phenoxy) is 4. The quantitative estimate of drug-likeness (QED) is 0.0201. The molecule has 1 aliphatic rings. The van der Waals surface area contributed by atoms with Gasteiger partial charge in [0.05, 0.1) is 19.8 Å². The minimum absolute atomic E-state index is 0.0218. The van der Waals surface area contributed by atoms with Crippen LogP contribution in [0.1, 0.15) is 168 Å². The highest BCUT2D eigenvalue weighted by Crippen LogP contribution is 2.26. The Morgan fingerprint density at radius 1 is 0.655 bits per heavy atom. The van der Waals surface area contributed by atoms with Crippen molar-refractivity contribution in [2.24, 2.45) is 0 Å². The molecule has 0 aromatic rings. The van der Waals surface area contributed by atoms with Crippen molar-refractivity contribution in [3.63, 3.8) is 0 Å². The van der Waals surface area contributed by atoms with E-state index in [9.17, 15) is 28.5 Å². The number of carbonyl (C=O) groups is 1. The van der Waals surface area contributed by atoms with Crippen molar-refractivity contribution >= 4 is 16.4 Å². The van der Waals surface area contributed by atoms with E-state index in [1.165, 1.54) is 51.4 Å². The highest BCUT2D eigenvalue weighted by Gasteiger charge is 2.48. The first kappa shape index (κ1) is 54.1. The summed E-state index contributed by atoms with van der Waals surface area (Å²) in [6.45, 7) is 3.88. The van der Waals surface area contributed by atoms with Crippen LogP contribution in [0.2, 0.25) is 0 Å². The standard InChI is InChI=1S/C45H80O12S/c1-3-5-7-9-11-13-15-17-19-20-22-24-26-28-30-32-34-41(47)55-39(38-54-45-43(49)44(57-58(50,51)52)42(48)40(36-46)56-45)37-53-35-33-31-29-27-25-23-21-18-16-14-12-10-8-6-4-2/h10,12-13,15-16,18-20,39-40,42-46,48-49H,3-9,11,14,17,21-38H2,1-2H3,(H,50,51,52)/b12-10-,15-13-,18-16-,20-19-. The number of aliphatic hydroxyl groups is 3. The van der Waals surface area contributed by atoms with Gasteiger partial charge in [-0.2, -0.15) is 8.42 Å². The Morgan fingerprint density at radius 2 is 1.16 bits per heavy atom. The van der Waals surface area contributed by atoms with Crippen molar-refractivity contribution in [2.75, 3.05) is 26.4 Å². The number of allylic oxidation sites excluding steroid dienone is 8. The van der Waals surface area contributed by atoms with Crippen LogP contribution < -0.4 is 0 Å². The lowest BCUT2D eigenvalue weighted by atomic mass is 9.99. The van der Waals surface area contributed by atoms with Gasteiger partial charge in [-0.05, 0) is 70.6 Å².